The smallest absolute Gasteiger partial charge is 0.233 e. The summed E-state index contributed by atoms with van der Waals surface area (Å²) in [6.07, 6.45) is 4.05. The van der Waals surface area contributed by atoms with E-state index in [-0.39, 0.29) is 37.0 Å². The van der Waals surface area contributed by atoms with Crippen LogP contribution in [0.5, 0.6) is 0 Å². The van der Waals surface area contributed by atoms with Gasteiger partial charge in [-0.3, -0.25) is 4.79 Å². The van der Waals surface area contributed by atoms with E-state index in [4.69, 9.17) is 15.9 Å². The van der Waals surface area contributed by atoms with Crippen molar-refractivity contribution in [2.45, 2.75) is 58.8 Å². The van der Waals surface area contributed by atoms with Crippen LogP contribution in [-0.4, -0.2) is 39.8 Å². The van der Waals surface area contributed by atoms with Crippen LogP contribution < -0.4 is 11.1 Å². The normalized spacial score (nSPS) is 12.0. The third kappa shape index (κ3) is 14.2. The van der Waals surface area contributed by atoms with E-state index in [0.29, 0.717) is 0 Å². The second-order valence-electron chi connectivity index (χ2n) is 6.18. The number of nitrogens with two attached hydrogens (primary N) is 1. The minimum atomic E-state index is -0.228. The van der Waals surface area contributed by atoms with Gasteiger partial charge in [-0.2, -0.15) is 0 Å². The quantitative estimate of drug-likeness (QED) is 0.558. The van der Waals surface area contributed by atoms with Crippen LogP contribution in [-0.2, 0) is 17.8 Å². The summed E-state index contributed by atoms with van der Waals surface area (Å²) < 4.78 is 12.6. The lowest BCUT2D eigenvalue weighted by atomic mass is 10.1. The number of nitrogens with zero attached hydrogens (tertiary/aromatic N) is 1. The molecule has 0 spiro atoms. The Kier molecular flexibility index (Phi) is 15.0. The molecule has 2 atom stereocenters. The first-order valence-electron chi connectivity index (χ1n) is 9.23. The molecule has 158 valence electrons. The van der Waals surface area contributed by atoms with Crippen molar-refractivity contribution < 1.29 is 19.4 Å². The van der Waals surface area contributed by atoms with Gasteiger partial charge in [0.1, 0.15) is 10.8 Å². The number of benzene rings is 1. The number of thiazole rings is 1. The minimum Gasteiger partial charge on any atom is -0.393 e. The summed E-state index contributed by atoms with van der Waals surface area (Å²) in [5, 5.41) is 22.1. The predicted molar refractivity (Wildman–Crippen MR) is 111 cm³/mol. The molecule has 5 N–H and O–H groups in total. The molecule has 0 aliphatic carbocycles. The summed E-state index contributed by atoms with van der Waals surface area (Å²) in [6.45, 7) is 5.74. The zero-order chi connectivity index (χ0) is 21.4. The predicted octanol–water partition coefficient (Wildman–Crippen LogP) is 2.63. The van der Waals surface area contributed by atoms with Crippen LogP contribution in [0.2, 0.25) is 0 Å². The Hall–Kier alpha value is -1.87. The second kappa shape index (κ2) is 16.1. The fourth-order valence-electron chi connectivity index (χ4n) is 1.77. The monoisotopic (exact) mass is 413 g/mol. The Morgan fingerprint density at radius 1 is 1.32 bits per heavy atom. The van der Waals surface area contributed by atoms with Gasteiger partial charge in [-0.1, -0.05) is 19.1 Å². The van der Waals surface area contributed by atoms with E-state index >= 15 is 0 Å². The van der Waals surface area contributed by atoms with Crippen LogP contribution in [0.15, 0.2) is 35.8 Å². The van der Waals surface area contributed by atoms with E-state index in [1.54, 1.807) is 25.3 Å². The van der Waals surface area contributed by atoms with Crippen LogP contribution in [0.3, 0.4) is 0 Å². The molecule has 1 heterocycles. The van der Waals surface area contributed by atoms with E-state index in [9.17, 15) is 9.18 Å². The van der Waals surface area contributed by atoms with Gasteiger partial charge < -0.3 is 21.3 Å². The molecule has 1 aromatic heterocycles. The van der Waals surface area contributed by atoms with E-state index < -0.39 is 0 Å². The lowest BCUT2D eigenvalue weighted by molar-refractivity contribution is -0.120. The molecule has 28 heavy (non-hydrogen) atoms. The van der Waals surface area contributed by atoms with Gasteiger partial charge in [0, 0.05) is 17.6 Å². The van der Waals surface area contributed by atoms with Crippen molar-refractivity contribution in [3.8, 4) is 0 Å². The zero-order valence-corrected chi connectivity index (χ0v) is 17.6. The van der Waals surface area contributed by atoms with E-state index in [1.165, 1.54) is 23.5 Å². The number of hydrogen-bond acceptors (Lipinski definition) is 6. The average molecular weight is 414 g/mol. The molecule has 0 aliphatic heterocycles. The number of aliphatic hydroxyl groups is 2. The van der Waals surface area contributed by atoms with Crippen LogP contribution >= 0.6 is 11.3 Å². The highest BCUT2D eigenvalue weighted by Gasteiger charge is 2.05. The number of aliphatic hydroxyl groups excluding tert-OH is 2. The Morgan fingerprint density at radius 2 is 1.93 bits per heavy atom. The Balaban J connectivity index is 0.000000497. The van der Waals surface area contributed by atoms with Gasteiger partial charge in [0.05, 0.1) is 19.3 Å². The largest absolute Gasteiger partial charge is 0.393 e. The van der Waals surface area contributed by atoms with E-state index in [0.717, 1.165) is 29.8 Å². The van der Waals surface area contributed by atoms with E-state index in [1.807, 2.05) is 19.2 Å². The molecule has 1 amide bonds. The topological polar surface area (TPSA) is 108 Å². The highest BCUT2D eigenvalue weighted by molar-refractivity contribution is 7.09. The Labute approximate surface area is 170 Å². The van der Waals surface area contributed by atoms with Crippen molar-refractivity contribution in [2.75, 3.05) is 6.54 Å². The van der Waals surface area contributed by atoms with Crippen LogP contribution in [0.1, 0.15) is 44.2 Å². The lowest BCUT2D eigenvalue weighted by Gasteiger charge is -2.12. The van der Waals surface area contributed by atoms with Gasteiger partial charge in [-0.25, -0.2) is 9.37 Å². The molecule has 2 aromatic rings. The Bertz CT molecular complexity index is 622. The number of nitrogens with one attached hydrogen (secondary N) is 1. The SMILES string of the molecule is CC(CCc1ccc(F)cc1)NC(=O)CN.CCC(C)O.OCc1nccs1. The van der Waals surface area contributed by atoms with Gasteiger partial charge >= 0.3 is 0 Å². The van der Waals surface area contributed by atoms with Crippen molar-refractivity contribution in [1.29, 1.82) is 0 Å². The van der Waals surface area contributed by atoms with Crippen LogP contribution in [0, 0.1) is 5.82 Å². The molecule has 0 saturated carbocycles. The molecule has 0 fully saturated rings. The van der Waals surface area contributed by atoms with Gasteiger partial charge in [0.15, 0.2) is 0 Å². The van der Waals surface area contributed by atoms with Crippen molar-refractivity contribution in [3.63, 3.8) is 0 Å². The molecule has 6 nitrogen and oxygen atoms in total. The first kappa shape index (κ1) is 26.1. The Morgan fingerprint density at radius 3 is 2.32 bits per heavy atom. The molecule has 0 radical (unpaired) electrons. The molecule has 2 rings (SSSR count). The van der Waals surface area contributed by atoms with Crippen molar-refractivity contribution in [3.05, 3.63) is 52.2 Å². The number of carbonyl (C=O) groups excluding carboxylic acids is 1. The standard InChI is InChI=1S/C12H17FN2O.C4H5NOS.C4H10O/c1-9(15-12(16)8-14)2-3-10-4-6-11(13)7-5-10;6-3-4-5-1-2-7-4;1-3-4(2)5/h4-7,9H,2-3,8,14H2,1H3,(H,15,16);1-2,6H,3H2;4-5H,3H2,1-2H3. The first-order valence-corrected chi connectivity index (χ1v) is 10.1. The van der Waals surface area contributed by atoms with Crippen molar-refractivity contribution in [2.24, 2.45) is 5.73 Å². The fourth-order valence-corrected chi connectivity index (χ4v) is 2.25. The molecule has 0 saturated heterocycles. The molecule has 0 bridgehead atoms. The molecule has 8 heteroatoms. The second-order valence-corrected chi connectivity index (χ2v) is 7.16. The molecule has 1 aromatic carbocycles. The first-order chi connectivity index (χ1) is 13.3. The summed E-state index contributed by atoms with van der Waals surface area (Å²) in [5.41, 5.74) is 6.26. The zero-order valence-electron chi connectivity index (χ0n) is 16.8. The minimum absolute atomic E-state index is 0.0148. The summed E-state index contributed by atoms with van der Waals surface area (Å²) in [7, 11) is 0. The van der Waals surface area contributed by atoms with Gasteiger partial charge in [0.25, 0.3) is 0 Å². The average Bonchev–Trinajstić information content (AvgIpc) is 3.22. The van der Waals surface area contributed by atoms with E-state index in [2.05, 4.69) is 10.3 Å². The third-order valence-electron chi connectivity index (χ3n) is 3.58. The summed E-state index contributed by atoms with van der Waals surface area (Å²) >= 11 is 1.46. The fraction of sp³-hybridized carbons (Fsp3) is 0.500. The summed E-state index contributed by atoms with van der Waals surface area (Å²) in [4.78, 5) is 14.8. The molecule has 0 aliphatic rings. The van der Waals surface area contributed by atoms with Crippen LogP contribution in [0.4, 0.5) is 4.39 Å². The van der Waals surface area contributed by atoms with Crippen LogP contribution in [0.25, 0.3) is 0 Å². The number of rotatable bonds is 7. The number of aromatic nitrogens is 1. The maximum atomic E-state index is 12.6. The molecule has 2 unspecified atom stereocenters. The third-order valence-corrected chi connectivity index (χ3v) is 4.35. The maximum Gasteiger partial charge on any atom is 0.233 e. The number of amides is 1. The van der Waals surface area contributed by atoms with Crippen molar-refractivity contribution in [1.82, 2.24) is 10.3 Å². The van der Waals surface area contributed by atoms with Gasteiger partial charge in [-0.05, 0) is 50.8 Å². The highest BCUT2D eigenvalue weighted by Crippen LogP contribution is 2.07. The molecular weight excluding hydrogens is 381 g/mol. The maximum absolute atomic E-state index is 12.6. The summed E-state index contributed by atoms with van der Waals surface area (Å²) in [5.74, 6) is -0.375. The van der Waals surface area contributed by atoms with Gasteiger partial charge in [0.2, 0.25) is 5.91 Å². The number of halogens is 1. The number of aryl methyl sites for hydroxylation is 1. The number of carbonyl (C=O) groups is 1. The van der Waals surface area contributed by atoms with Gasteiger partial charge in [-0.15, -0.1) is 11.3 Å². The van der Waals surface area contributed by atoms with Crippen molar-refractivity contribution >= 4 is 17.2 Å². The highest BCUT2D eigenvalue weighted by atomic mass is 32.1. The molecular formula is C20H32FN3O3S. The lowest BCUT2D eigenvalue weighted by Crippen LogP contribution is -2.37. The number of hydrogen-bond donors (Lipinski definition) is 4. The summed E-state index contributed by atoms with van der Waals surface area (Å²) in [6, 6.07) is 6.48.